The summed E-state index contributed by atoms with van der Waals surface area (Å²) < 4.78 is 5.70. The molecule has 0 fully saturated rings. The van der Waals surface area contributed by atoms with Crippen molar-refractivity contribution < 1.29 is 0 Å². The van der Waals surface area contributed by atoms with Crippen LogP contribution in [0.5, 0.6) is 0 Å². The summed E-state index contributed by atoms with van der Waals surface area (Å²) in [6.07, 6.45) is 2.54. The molecule has 0 spiro atoms. The van der Waals surface area contributed by atoms with E-state index in [2.05, 4.69) is 57.5 Å². The molecule has 2 heteroatoms. The molecule has 0 unspecified atom stereocenters. The maximum absolute atomic E-state index is 2.67. The third-order valence-electron chi connectivity index (χ3n) is 2.11. The SMILES string of the molecule is CC(C)C[Te+](/C=C/C[Si](C)(C)C)CC(C)C. The van der Waals surface area contributed by atoms with Crippen molar-refractivity contribution in [2.75, 3.05) is 0 Å². The standard InChI is InChI=1S/C14H31SiTe/c1-13(2)11-16(12-14(3)4)10-8-9-15(5,6)7/h8,10,13-14H,9,11-12H2,1-7H3/q+1/b10-8+. The number of allylic oxidation sites excluding steroid dienone is 1. The summed E-state index contributed by atoms with van der Waals surface area (Å²) in [5, 5.41) is 0. The van der Waals surface area contributed by atoms with Gasteiger partial charge in [0, 0.05) is 0 Å². The van der Waals surface area contributed by atoms with E-state index >= 15 is 0 Å². The van der Waals surface area contributed by atoms with Crippen LogP contribution in [-0.4, -0.2) is 27.6 Å². The Bertz CT molecular complexity index is 191. The summed E-state index contributed by atoms with van der Waals surface area (Å²) in [7, 11) is -0.864. The van der Waals surface area contributed by atoms with E-state index in [-0.39, 0.29) is 0 Å². The second kappa shape index (κ2) is 7.96. The Morgan fingerprint density at radius 3 is 1.69 bits per heavy atom. The van der Waals surface area contributed by atoms with E-state index in [1.54, 1.807) is 0 Å². The molecule has 0 heterocycles. The van der Waals surface area contributed by atoms with Crippen LogP contribution in [0.25, 0.3) is 0 Å². The zero-order chi connectivity index (χ0) is 12.8. The van der Waals surface area contributed by atoms with Gasteiger partial charge in [0.05, 0.1) is 0 Å². The van der Waals surface area contributed by atoms with E-state index in [0.717, 1.165) is 11.8 Å². The first-order valence-electron chi connectivity index (χ1n) is 6.53. The van der Waals surface area contributed by atoms with Crippen molar-refractivity contribution in [3.63, 3.8) is 0 Å². The molecule has 96 valence electrons. The molecule has 0 nitrogen and oxygen atoms in total. The minimum atomic E-state index is -0.911. The number of hydrogen-bond acceptors (Lipinski definition) is 0. The second-order valence-electron chi connectivity index (χ2n) is 6.80. The van der Waals surface area contributed by atoms with Crippen LogP contribution in [0.1, 0.15) is 27.7 Å². The van der Waals surface area contributed by atoms with Gasteiger partial charge in [-0.1, -0.05) is 0 Å². The number of hydrogen-bond donors (Lipinski definition) is 0. The Labute approximate surface area is 112 Å². The van der Waals surface area contributed by atoms with Crippen LogP contribution in [0.4, 0.5) is 0 Å². The van der Waals surface area contributed by atoms with Crippen LogP contribution >= 0.6 is 0 Å². The predicted molar refractivity (Wildman–Crippen MR) is 82.3 cm³/mol. The van der Waals surface area contributed by atoms with Gasteiger partial charge in [-0.05, 0) is 0 Å². The predicted octanol–water partition coefficient (Wildman–Crippen LogP) is 5.23. The Hall–Kier alpha value is 0.746. The van der Waals surface area contributed by atoms with Gasteiger partial charge in [-0.15, -0.1) is 0 Å². The van der Waals surface area contributed by atoms with Crippen LogP contribution in [0.3, 0.4) is 0 Å². The molecule has 0 saturated heterocycles. The molecule has 0 aromatic carbocycles. The van der Waals surface area contributed by atoms with Crippen LogP contribution < -0.4 is 0 Å². The van der Waals surface area contributed by atoms with Gasteiger partial charge in [-0.25, -0.2) is 0 Å². The normalized spacial score (nSPS) is 13.6. The molecule has 0 atom stereocenters. The third-order valence-corrected chi connectivity index (χ3v) is 11.5. The van der Waals surface area contributed by atoms with Gasteiger partial charge in [0.1, 0.15) is 0 Å². The molecule has 0 aliphatic carbocycles. The topological polar surface area (TPSA) is 0 Å². The van der Waals surface area contributed by atoms with E-state index in [4.69, 9.17) is 0 Å². The van der Waals surface area contributed by atoms with Gasteiger partial charge in [0.15, 0.2) is 0 Å². The third kappa shape index (κ3) is 11.2. The summed E-state index contributed by atoms with van der Waals surface area (Å²) in [6.45, 7) is 16.9. The van der Waals surface area contributed by atoms with E-state index in [1.165, 1.54) is 15.0 Å². The Balaban J connectivity index is 4.19. The second-order valence-corrected chi connectivity index (χ2v) is 18.1. The fourth-order valence-corrected chi connectivity index (χ4v) is 9.89. The fraction of sp³-hybridized carbons (Fsp3) is 0.857. The molecule has 0 radical (unpaired) electrons. The van der Waals surface area contributed by atoms with E-state index in [1.807, 2.05) is 0 Å². The van der Waals surface area contributed by atoms with Gasteiger partial charge in [-0.2, -0.15) is 0 Å². The molecular weight excluding hydrogens is 324 g/mol. The Morgan fingerprint density at radius 2 is 1.38 bits per heavy atom. The molecule has 0 bridgehead atoms. The average Bonchev–Trinajstić information content (AvgIpc) is 1.98. The summed E-state index contributed by atoms with van der Waals surface area (Å²) in [5.41, 5.74) is 0. The van der Waals surface area contributed by atoms with Gasteiger partial charge in [-0.3, -0.25) is 0 Å². The van der Waals surface area contributed by atoms with E-state index in [9.17, 15) is 0 Å². The summed E-state index contributed by atoms with van der Waals surface area (Å²) >= 11 is -0.911. The van der Waals surface area contributed by atoms with Gasteiger partial charge in [0.2, 0.25) is 0 Å². The molecule has 0 aromatic rings. The summed E-state index contributed by atoms with van der Waals surface area (Å²) in [6, 6.07) is 1.38. The molecule has 0 aliphatic heterocycles. The molecular formula is C14H31SiTe+. The van der Waals surface area contributed by atoms with Crippen molar-refractivity contribution >= 4 is 27.6 Å². The average molecular weight is 355 g/mol. The van der Waals surface area contributed by atoms with Gasteiger partial charge < -0.3 is 0 Å². The van der Waals surface area contributed by atoms with Crippen LogP contribution in [-0.2, 0) is 0 Å². The molecule has 0 amide bonds. The Morgan fingerprint density at radius 1 is 0.938 bits per heavy atom. The quantitative estimate of drug-likeness (QED) is 0.549. The van der Waals surface area contributed by atoms with Gasteiger partial charge in [0.25, 0.3) is 0 Å². The van der Waals surface area contributed by atoms with E-state index < -0.39 is 27.6 Å². The van der Waals surface area contributed by atoms with Crippen LogP contribution in [0.15, 0.2) is 10.2 Å². The van der Waals surface area contributed by atoms with Crippen molar-refractivity contribution in [3.05, 3.63) is 10.2 Å². The molecule has 0 saturated carbocycles. The van der Waals surface area contributed by atoms with Crippen molar-refractivity contribution in [3.8, 4) is 0 Å². The molecule has 0 aliphatic rings. The molecule has 0 aromatic heterocycles. The van der Waals surface area contributed by atoms with Crippen molar-refractivity contribution in [2.24, 2.45) is 11.8 Å². The number of rotatable bonds is 7. The van der Waals surface area contributed by atoms with Crippen LogP contribution in [0.2, 0.25) is 34.6 Å². The fourth-order valence-electron chi connectivity index (χ4n) is 1.57. The molecule has 0 rings (SSSR count). The van der Waals surface area contributed by atoms with Crippen molar-refractivity contribution in [2.45, 2.75) is 62.3 Å². The first kappa shape index (κ1) is 16.7. The first-order valence-corrected chi connectivity index (χ1v) is 14.9. The minimum absolute atomic E-state index is 0.864. The molecule has 16 heavy (non-hydrogen) atoms. The Kier molecular flexibility index (Phi) is 8.33. The van der Waals surface area contributed by atoms with Gasteiger partial charge >= 0.3 is 112 Å². The zero-order valence-corrected chi connectivity index (χ0v) is 15.7. The van der Waals surface area contributed by atoms with Crippen molar-refractivity contribution in [1.82, 2.24) is 0 Å². The van der Waals surface area contributed by atoms with Crippen LogP contribution in [0, 0.1) is 11.8 Å². The zero-order valence-electron chi connectivity index (χ0n) is 12.3. The monoisotopic (exact) mass is 357 g/mol. The summed E-state index contributed by atoms with van der Waals surface area (Å²) in [4.78, 5) is 0. The maximum atomic E-state index is 2.67. The molecule has 0 N–H and O–H groups in total. The summed E-state index contributed by atoms with van der Waals surface area (Å²) in [5.74, 6) is 1.79. The van der Waals surface area contributed by atoms with Crippen molar-refractivity contribution in [1.29, 1.82) is 0 Å². The first-order chi connectivity index (χ1) is 7.20. The van der Waals surface area contributed by atoms with E-state index in [0.29, 0.717) is 0 Å².